The van der Waals surface area contributed by atoms with Gasteiger partial charge in [-0.3, -0.25) is 14.9 Å². The number of hydrogen-bond acceptors (Lipinski definition) is 4. The van der Waals surface area contributed by atoms with Gasteiger partial charge >= 0.3 is 6.03 Å². The van der Waals surface area contributed by atoms with E-state index in [1.807, 2.05) is 18.7 Å². The van der Waals surface area contributed by atoms with E-state index in [4.69, 9.17) is 0 Å². The molecule has 1 fully saturated rings. The number of hydrogen-bond donors (Lipinski definition) is 1. The summed E-state index contributed by atoms with van der Waals surface area (Å²) in [4.78, 5) is 38.3. The van der Waals surface area contributed by atoms with Crippen molar-refractivity contribution in [3.63, 3.8) is 0 Å². The van der Waals surface area contributed by atoms with E-state index in [1.165, 1.54) is 24.3 Å². The van der Waals surface area contributed by atoms with E-state index in [2.05, 4.69) is 5.32 Å². The molecule has 0 spiro atoms. The maximum absolute atomic E-state index is 12.4. The van der Waals surface area contributed by atoms with Crippen LogP contribution in [-0.2, 0) is 4.79 Å². The van der Waals surface area contributed by atoms with E-state index in [-0.39, 0.29) is 23.5 Å². The molecule has 1 aromatic rings. The Morgan fingerprint density at radius 2 is 1.76 bits per heavy atom. The highest BCUT2D eigenvalue weighted by Gasteiger charge is 2.29. The van der Waals surface area contributed by atoms with Crippen molar-refractivity contribution in [1.29, 1.82) is 0 Å². The molecule has 8 nitrogen and oxygen atoms in total. The van der Waals surface area contributed by atoms with Crippen molar-refractivity contribution in [2.24, 2.45) is 5.92 Å². The van der Waals surface area contributed by atoms with Gasteiger partial charge in [-0.05, 0) is 38.8 Å². The quantitative estimate of drug-likeness (QED) is 0.653. The lowest BCUT2D eigenvalue weighted by atomic mass is 9.95. The first-order valence-corrected chi connectivity index (χ1v) is 8.55. The number of carbonyl (C=O) groups excluding carboxylic acids is 2. The summed E-state index contributed by atoms with van der Waals surface area (Å²) in [6, 6.07) is 5.47. The first-order valence-electron chi connectivity index (χ1n) is 8.55. The fourth-order valence-electron chi connectivity index (χ4n) is 2.99. The molecule has 0 aromatic heterocycles. The number of nitro benzene ring substituents is 1. The first-order chi connectivity index (χ1) is 12.0. The van der Waals surface area contributed by atoms with Crippen LogP contribution in [0.25, 0.3) is 0 Å². The molecular weight excluding hydrogens is 324 g/mol. The van der Waals surface area contributed by atoms with Gasteiger partial charge < -0.3 is 15.1 Å². The molecule has 0 bridgehead atoms. The normalized spacial score (nSPS) is 14.9. The van der Waals surface area contributed by atoms with Gasteiger partial charge in [0.25, 0.3) is 5.69 Å². The van der Waals surface area contributed by atoms with Crippen LogP contribution in [0.5, 0.6) is 0 Å². The topological polar surface area (TPSA) is 95.8 Å². The summed E-state index contributed by atoms with van der Waals surface area (Å²) in [5, 5.41) is 13.4. The molecule has 1 saturated heterocycles. The maximum atomic E-state index is 12.4. The number of nitro groups is 1. The SMILES string of the molecule is CCN(CC)C(=O)C1CCN(C(=O)Nc2ccc([N+](=O)[O-])cc2)CC1. The van der Waals surface area contributed by atoms with Crippen molar-refractivity contribution < 1.29 is 14.5 Å². The van der Waals surface area contributed by atoms with Crippen LogP contribution in [0.3, 0.4) is 0 Å². The number of nitrogens with zero attached hydrogens (tertiary/aromatic N) is 3. The number of anilines is 1. The number of amides is 3. The summed E-state index contributed by atoms with van der Waals surface area (Å²) in [6.07, 6.45) is 1.31. The minimum Gasteiger partial charge on any atom is -0.343 e. The highest BCUT2D eigenvalue weighted by atomic mass is 16.6. The van der Waals surface area contributed by atoms with E-state index in [9.17, 15) is 19.7 Å². The summed E-state index contributed by atoms with van der Waals surface area (Å²) in [5.41, 5.74) is 0.491. The monoisotopic (exact) mass is 348 g/mol. The Kier molecular flexibility index (Phi) is 6.32. The van der Waals surface area contributed by atoms with Crippen molar-refractivity contribution in [2.45, 2.75) is 26.7 Å². The molecule has 1 N–H and O–H groups in total. The van der Waals surface area contributed by atoms with Gasteiger partial charge in [0.2, 0.25) is 5.91 Å². The van der Waals surface area contributed by atoms with Gasteiger partial charge in [-0.15, -0.1) is 0 Å². The van der Waals surface area contributed by atoms with Crippen LogP contribution in [0.2, 0.25) is 0 Å². The molecule has 2 rings (SSSR count). The lowest BCUT2D eigenvalue weighted by molar-refractivity contribution is -0.384. The summed E-state index contributed by atoms with van der Waals surface area (Å²) < 4.78 is 0. The third kappa shape index (κ3) is 4.68. The Hall–Kier alpha value is -2.64. The van der Waals surface area contributed by atoms with Crippen LogP contribution in [0.4, 0.5) is 16.2 Å². The summed E-state index contributed by atoms with van der Waals surface area (Å²) in [7, 11) is 0. The third-order valence-corrected chi connectivity index (χ3v) is 4.54. The van der Waals surface area contributed by atoms with Crippen LogP contribution in [0.1, 0.15) is 26.7 Å². The number of piperidine rings is 1. The van der Waals surface area contributed by atoms with Crippen molar-refractivity contribution in [3.05, 3.63) is 34.4 Å². The summed E-state index contributed by atoms with van der Waals surface area (Å²) in [5.74, 6) is 0.142. The smallest absolute Gasteiger partial charge is 0.321 e. The van der Waals surface area contributed by atoms with Crippen molar-refractivity contribution >= 4 is 23.3 Å². The van der Waals surface area contributed by atoms with Crippen molar-refractivity contribution in [3.8, 4) is 0 Å². The lowest BCUT2D eigenvalue weighted by Crippen LogP contribution is -2.45. The van der Waals surface area contributed by atoms with E-state index >= 15 is 0 Å². The Labute approximate surface area is 146 Å². The summed E-state index contributed by atoms with van der Waals surface area (Å²) in [6.45, 7) is 6.39. The Bertz CT molecular complexity index is 620. The van der Waals surface area contributed by atoms with Crippen molar-refractivity contribution in [2.75, 3.05) is 31.5 Å². The van der Waals surface area contributed by atoms with E-state index in [0.717, 1.165) is 0 Å². The minimum atomic E-state index is -0.483. The molecular formula is C17H24N4O4. The molecule has 136 valence electrons. The molecule has 0 aliphatic carbocycles. The molecule has 0 radical (unpaired) electrons. The Balaban J connectivity index is 1.86. The van der Waals surface area contributed by atoms with Crippen molar-refractivity contribution in [1.82, 2.24) is 9.80 Å². The fraction of sp³-hybridized carbons (Fsp3) is 0.529. The van der Waals surface area contributed by atoms with Crippen LogP contribution in [0.15, 0.2) is 24.3 Å². The van der Waals surface area contributed by atoms with Gasteiger partial charge in [0.05, 0.1) is 4.92 Å². The number of benzene rings is 1. The predicted molar refractivity (Wildman–Crippen MR) is 94.3 cm³/mol. The Morgan fingerprint density at radius 1 is 1.20 bits per heavy atom. The van der Waals surface area contributed by atoms with Gasteiger partial charge in [-0.25, -0.2) is 4.79 Å². The van der Waals surface area contributed by atoms with Crippen LogP contribution in [-0.4, -0.2) is 52.8 Å². The zero-order valence-electron chi connectivity index (χ0n) is 14.6. The molecule has 1 heterocycles. The van der Waals surface area contributed by atoms with Gasteiger partial charge in [-0.2, -0.15) is 0 Å². The average Bonchev–Trinajstić information content (AvgIpc) is 2.63. The van der Waals surface area contributed by atoms with Gasteiger partial charge in [0, 0.05) is 49.9 Å². The second-order valence-corrected chi connectivity index (χ2v) is 6.01. The number of carbonyl (C=O) groups is 2. The molecule has 1 aromatic carbocycles. The third-order valence-electron chi connectivity index (χ3n) is 4.54. The van der Waals surface area contributed by atoms with Gasteiger partial charge in [-0.1, -0.05) is 0 Å². The highest BCUT2D eigenvalue weighted by Crippen LogP contribution is 2.21. The van der Waals surface area contributed by atoms with Gasteiger partial charge in [0.15, 0.2) is 0 Å². The van der Waals surface area contributed by atoms with Gasteiger partial charge in [0.1, 0.15) is 0 Å². The zero-order chi connectivity index (χ0) is 18.4. The van der Waals surface area contributed by atoms with E-state index in [1.54, 1.807) is 4.90 Å². The molecule has 0 atom stereocenters. The number of likely N-dealkylation sites (tertiary alicyclic amines) is 1. The highest BCUT2D eigenvalue weighted by molar-refractivity contribution is 5.89. The van der Waals surface area contributed by atoms with Crippen LogP contribution >= 0.6 is 0 Å². The number of rotatable bonds is 5. The van der Waals surface area contributed by atoms with Crippen LogP contribution < -0.4 is 5.32 Å². The largest absolute Gasteiger partial charge is 0.343 e. The Morgan fingerprint density at radius 3 is 2.24 bits per heavy atom. The molecule has 3 amide bonds. The number of nitrogens with one attached hydrogen (secondary N) is 1. The molecule has 1 aliphatic heterocycles. The number of non-ortho nitro benzene ring substituents is 1. The zero-order valence-corrected chi connectivity index (χ0v) is 14.6. The average molecular weight is 348 g/mol. The van der Waals surface area contributed by atoms with E-state index < -0.39 is 4.92 Å². The van der Waals surface area contributed by atoms with E-state index in [0.29, 0.717) is 44.7 Å². The fourth-order valence-corrected chi connectivity index (χ4v) is 2.99. The summed E-state index contributed by atoms with van der Waals surface area (Å²) >= 11 is 0. The second kappa shape index (κ2) is 8.46. The molecule has 0 unspecified atom stereocenters. The predicted octanol–water partition coefficient (Wildman–Crippen LogP) is 2.71. The lowest BCUT2D eigenvalue weighted by Gasteiger charge is -2.33. The first kappa shape index (κ1) is 18.7. The maximum Gasteiger partial charge on any atom is 0.321 e. The molecule has 25 heavy (non-hydrogen) atoms. The minimum absolute atomic E-state index is 0.0197. The number of urea groups is 1. The van der Waals surface area contributed by atoms with Crippen LogP contribution in [0, 0.1) is 16.0 Å². The molecule has 8 heteroatoms. The standard InChI is InChI=1S/C17H24N4O4/c1-3-19(4-2)16(22)13-9-11-20(12-10-13)17(23)18-14-5-7-15(8-6-14)21(24)25/h5-8,13H,3-4,9-12H2,1-2H3,(H,18,23). The molecule has 0 saturated carbocycles. The molecule has 1 aliphatic rings. The second-order valence-electron chi connectivity index (χ2n) is 6.01.